The van der Waals surface area contributed by atoms with Gasteiger partial charge < -0.3 is 9.73 Å². The molecule has 4 nitrogen and oxygen atoms in total. The molecule has 0 aliphatic rings. The van der Waals surface area contributed by atoms with Gasteiger partial charge in [-0.15, -0.1) is 0 Å². The molecule has 1 heterocycles. The van der Waals surface area contributed by atoms with E-state index >= 15 is 0 Å². The Kier molecular flexibility index (Phi) is 5.14. The van der Waals surface area contributed by atoms with E-state index in [9.17, 15) is 12.8 Å². The monoisotopic (exact) mass is 311 g/mol. The highest BCUT2D eigenvalue weighted by molar-refractivity contribution is 7.90. The highest BCUT2D eigenvalue weighted by Crippen LogP contribution is 2.18. The van der Waals surface area contributed by atoms with Crippen molar-refractivity contribution in [3.8, 4) is 0 Å². The molecule has 0 saturated carbocycles. The van der Waals surface area contributed by atoms with Gasteiger partial charge in [0.25, 0.3) is 0 Å². The topological polar surface area (TPSA) is 59.3 Å². The summed E-state index contributed by atoms with van der Waals surface area (Å²) >= 11 is 0. The quantitative estimate of drug-likeness (QED) is 0.631. The second-order valence-corrected chi connectivity index (χ2v) is 6.75. The van der Waals surface area contributed by atoms with E-state index in [2.05, 4.69) is 12.2 Å². The van der Waals surface area contributed by atoms with Crippen LogP contribution in [0.1, 0.15) is 24.9 Å². The van der Waals surface area contributed by atoms with E-state index in [1.165, 1.54) is 12.1 Å². The number of sulfone groups is 1. The Hall–Kier alpha value is -1.66. The highest BCUT2D eigenvalue weighted by Gasteiger charge is 2.17. The lowest BCUT2D eigenvalue weighted by Crippen LogP contribution is -2.13. The van der Waals surface area contributed by atoms with E-state index in [1.54, 1.807) is 12.1 Å². The Morgan fingerprint density at radius 1 is 1.10 bits per heavy atom. The Labute approximate surface area is 123 Å². The van der Waals surface area contributed by atoms with Crippen molar-refractivity contribution in [2.24, 2.45) is 0 Å². The number of furan rings is 1. The van der Waals surface area contributed by atoms with E-state index in [4.69, 9.17) is 4.42 Å². The fraction of sp³-hybridized carbons (Fsp3) is 0.333. The normalized spacial score (nSPS) is 11.7. The minimum absolute atomic E-state index is 0.0888. The Balaban J connectivity index is 2.05. The summed E-state index contributed by atoms with van der Waals surface area (Å²) in [7, 11) is -3.52. The van der Waals surface area contributed by atoms with Gasteiger partial charge in [0, 0.05) is 0 Å². The fourth-order valence-corrected chi connectivity index (χ4v) is 3.14. The maximum absolute atomic E-state index is 12.8. The highest BCUT2D eigenvalue weighted by atomic mass is 32.2. The van der Waals surface area contributed by atoms with Crippen LogP contribution < -0.4 is 5.32 Å². The van der Waals surface area contributed by atoms with Crippen LogP contribution in [0.3, 0.4) is 0 Å². The van der Waals surface area contributed by atoms with Gasteiger partial charge in [-0.2, -0.15) is 0 Å². The van der Waals surface area contributed by atoms with Crippen molar-refractivity contribution in [3.05, 3.63) is 53.7 Å². The molecule has 21 heavy (non-hydrogen) atoms. The van der Waals surface area contributed by atoms with Crippen LogP contribution in [0.15, 0.2) is 45.7 Å². The first-order chi connectivity index (χ1) is 10.0. The van der Waals surface area contributed by atoms with E-state index in [0.29, 0.717) is 18.1 Å². The van der Waals surface area contributed by atoms with Crippen LogP contribution in [0.5, 0.6) is 0 Å². The van der Waals surface area contributed by atoms with Crippen LogP contribution in [0.25, 0.3) is 0 Å². The zero-order chi connectivity index (χ0) is 15.3. The third kappa shape index (κ3) is 4.41. The molecule has 0 amide bonds. The van der Waals surface area contributed by atoms with Crippen LogP contribution in [0, 0.1) is 5.82 Å². The first kappa shape index (κ1) is 15.7. The number of nitrogens with one attached hydrogen (secondary N) is 1. The summed E-state index contributed by atoms with van der Waals surface area (Å²) in [5, 5.41) is 3.18. The van der Waals surface area contributed by atoms with Gasteiger partial charge in [0.2, 0.25) is 0 Å². The summed E-state index contributed by atoms with van der Waals surface area (Å²) in [4.78, 5) is 0.0888. The zero-order valence-corrected chi connectivity index (χ0v) is 12.6. The molecule has 2 rings (SSSR count). The third-order valence-electron chi connectivity index (χ3n) is 2.95. The van der Waals surface area contributed by atoms with Crippen molar-refractivity contribution in [1.82, 2.24) is 5.32 Å². The van der Waals surface area contributed by atoms with Crippen LogP contribution in [-0.2, 0) is 22.1 Å². The van der Waals surface area contributed by atoms with Gasteiger partial charge in [0.1, 0.15) is 23.1 Å². The molecule has 0 saturated heterocycles. The minimum Gasteiger partial charge on any atom is -0.464 e. The van der Waals surface area contributed by atoms with Gasteiger partial charge in [0.05, 0.1) is 11.4 Å². The molecule has 0 aliphatic heterocycles. The van der Waals surface area contributed by atoms with Gasteiger partial charge in [0.15, 0.2) is 9.84 Å². The van der Waals surface area contributed by atoms with Crippen molar-refractivity contribution < 1.29 is 17.2 Å². The van der Waals surface area contributed by atoms with Gasteiger partial charge >= 0.3 is 0 Å². The first-order valence-electron chi connectivity index (χ1n) is 6.78. The van der Waals surface area contributed by atoms with Crippen molar-refractivity contribution >= 4 is 9.84 Å². The number of benzene rings is 1. The second kappa shape index (κ2) is 6.87. The van der Waals surface area contributed by atoms with E-state index in [1.807, 2.05) is 0 Å². The predicted octanol–water partition coefficient (Wildman–Crippen LogP) is 2.89. The molecule has 0 unspecified atom stereocenters. The minimum atomic E-state index is -3.52. The van der Waals surface area contributed by atoms with E-state index in [0.717, 1.165) is 25.1 Å². The molecule has 2 aromatic rings. The van der Waals surface area contributed by atoms with Gasteiger partial charge in [-0.05, 0) is 49.4 Å². The summed E-state index contributed by atoms with van der Waals surface area (Å²) in [5.41, 5.74) is 0. The molecule has 0 atom stereocenters. The lowest BCUT2D eigenvalue weighted by Gasteiger charge is -2.03. The lowest BCUT2D eigenvalue weighted by atomic mass is 10.4. The molecule has 1 aromatic heterocycles. The lowest BCUT2D eigenvalue weighted by molar-refractivity contribution is 0.456. The Bertz CT molecular complexity index is 677. The molecule has 0 spiro atoms. The maximum atomic E-state index is 12.8. The molecular formula is C15H18FNO3S. The average molecular weight is 311 g/mol. The predicted molar refractivity (Wildman–Crippen MR) is 78.0 cm³/mol. The second-order valence-electron chi connectivity index (χ2n) is 4.76. The van der Waals surface area contributed by atoms with E-state index < -0.39 is 15.7 Å². The number of hydrogen-bond donors (Lipinski definition) is 1. The van der Waals surface area contributed by atoms with Gasteiger partial charge in [-0.25, -0.2) is 12.8 Å². The number of halogens is 1. The standard InChI is InChI=1S/C15H18FNO3S/c1-2-9-17-10-13-5-6-14(20-13)11-21(18,19)15-7-3-12(16)4-8-15/h3-8,17H,2,9-11H2,1H3. The zero-order valence-electron chi connectivity index (χ0n) is 11.8. The van der Waals surface area contributed by atoms with Crippen molar-refractivity contribution in [2.45, 2.75) is 30.5 Å². The Morgan fingerprint density at radius 3 is 2.43 bits per heavy atom. The summed E-state index contributed by atoms with van der Waals surface area (Å²) in [5.74, 6) is 0.392. The summed E-state index contributed by atoms with van der Waals surface area (Å²) in [6.45, 7) is 3.52. The molecule has 0 radical (unpaired) electrons. The summed E-state index contributed by atoms with van der Waals surface area (Å²) in [6, 6.07) is 8.21. The third-order valence-corrected chi connectivity index (χ3v) is 4.60. The maximum Gasteiger partial charge on any atom is 0.185 e. The first-order valence-corrected chi connectivity index (χ1v) is 8.43. The molecule has 0 aliphatic carbocycles. The summed E-state index contributed by atoms with van der Waals surface area (Å²) < 4.78 is 42.7. The van der Waals surface area contributed by atoms with Crippen molar-refractivity contribution in [3.63, 3.8) is 0 Å². The smallest absolute Gasteiger partial charge is 0.185 e. The van der Waals surface area contributed by atoms with Crippen LogP contribution in [0.2, 0.25) is 0 Å². The SMILES string of the molecule is CCCNCc1ccc(CS(=O)(=O)c2ccc(F)cc2)o1. The molecule has 114 valence electrons. The molecule has 1 N–H and O–H groups in total. The Morgan fingerprint density at radius 2 is 1.76 bits per heavy atom. The number of rotatable bonds is 7. The number of hydrogen-bond acceptors (Lipinski definition) is 4. The van der Waals surface area contributed by atoms with Crippen LogP contribution >= 0.6 is 0 Å². The van der Waals surface area contributed by atoms with Gasteiger partial charge in [-0.3, -0.25) is 0 Å². The van der Waals surface area contributed by atoms with Crippen molar-refractivity contribution in [2.75, 3.05) is 6.54 Å². The molecule has 6 heteroatoms. The van der Waals surface area contributed by atoms with Crippen molar-refractivity contribution in [1.29, 1.82) is 0 Å². The molecular weight excluding hydrogens is 293 g/mol. The summed E-state index contributed by atoms with van der Waals surface area (Å²) in [6.07, 6.45) is 1.02. The molecule has 0 bridgehead atoms. The van der Waals surface area contributed by atoms with Crippen LogP contribution in [0.4, 0.5) is 4.39 Å². The van der Waals surface area contributed by atoms with E-state index in [-0.39, 0.29) is 10.6 Å². The average Bonchev–Trinajstić information content (AvgIpc) is 2.86. The molecule has 1 aromatic carbocycles. The van der Waals surface area contributed by atoms with Crippen LogP contribution in [-0.4, -0.2) is 15.0 Å². The fourth-order valence-electron chi connectivity index (χ4n) is 1.90. The van der Waals surface area contributed by atoms with Gasteiger partial charge in [-0.1, -0.05) is 6.92 Å². The molecule has 0 fully saturated rings. The largest absolute Gasteiger partial charge is 0.464 e.